The van der Waals surface area contributed by atoms with Crippen molar-refractivity contribution in [2.45, 2.75) is 0 Å². The van der Waals surface area contributed by atoms with Gasteiger partial charge in [-0.25, -0.2) is 0 Å². The molecule has 0 bridgehead atoms. The van der Waals surface area contributed by atoms with Crippen LogP contribution in [0.1, 0.15) is 0 Å². The Hall–Kier alpha value is 0.612. The molecule has 0 unspecified atom stereocenters. The molecule has 0 aliphatic heterocycles. The van der Waals surface area contributed by atoms with E-state index in [1.165, 1.54) is 0 Å². The maximum Gasteiger partial charge on any atom is 1.00 e. The normalized spacial score (nSPS) is 4.80. The molecule has 4 N–H and O–H groups in total. The molecule has 0 fully saturated rings. The Morgan fingerprint density at radius 2 is 1.40 bits per heavy atom. The van der Waals surface area contributed by atoms with Gasteiger partial charge >= 0.3 is 27.3 Å². The van der Waals surface area contributed by atoms with Gasteiger partial charge in [0, 0.05) is 0 Å². The summed E-state index contributed by atoms with van der Waals surface area (Å²) >= 11 is 4.09. The summed E-state index contributed by atoms with van der Waals surface area (Å²) in [5.74, 6) is 0. The number of hydrogen-bond acceptors (Lipinski definition) is 1. The minimum absolute atomic E-state index is 0. The van der Waals surface area contributed by atoms with Crippen molar-refractivity contribution in [3.63, 3.8) is 0 Å². The van der Waals surface area contributed by atoms with E-state index in [-0.39, 0.29) is 32.4 Å². The van der Waals surface area contributed by atoms with Gasteiger partial charge in [0.1, 0.15) is 0 Å². The van der Waals surface area contributed by atoms with E-state index in [9.17, 15) is 0 Å². The number of hydrogen-bond donors (Lipinski definition) is 2. The van der Waals surface area contributed by atoms with Crippen LogP contribution in [0, 0.1) is 0 Å². The first kappa shape index (κ1) is 9.15. The van der Waals surface area contributed by atoms with Crippen LogP contribution in [0.3, 0.4) is 0 Å². The molecule has 0 amide bonds. The van der Waals surface area contributed by atoms with E-state index < -0.39 is 0 Å². The van der Waals surface area contributed by atoms with Gasteiger partial charge in [-0.05, 0) is 12.2 Å². The summed E-state index contributed by atoms with van der Waals surface area (Å²) in [5, 5.41) is 0.000000000000000222. The van der Waals surface area contributed by atoms with Gasteiger partial charge in [-0.15, -0.1) is 0 Å². The maximum atomic E-state index is 4.62. The predicted molar refractivity (Wildman–Crippen MR) is 26.7 cm³/mol. The maximum absolute atomic E-state index is 4.62. The Morgan fingerprint density at radius 3 is 1.40 bits per heavy atom. The monoisotopic (exact) mass is 281 g/mol. The van der Waals surface area contributed by atoms with E-state index in [1.54, 1.807) is 0 Å². The van der Waals surface area contributed by atoms with Gasteiger partial charge in [-0.3, -0.25) is 0 Å². The molecule has 26 valence electrons. The second kappa shape index (κ2) is 4.61. The molecule has 0 atom stereocenters. The van der Waals surface area contributed by atoms with Gasteiger partial charge in [0.25, 0.3) is 0 Å². The van der Waals surface area contributed by atoms with Crippen LogP contribution in [0.4, 0.5) is 0 Å². The molecular weight excluding hydrogens is 276 g/mol. The second-order valence-electron chi connectivity index (χ2n) is 0.402. The quantitative estimate of drug-likeness (QED) is 0.433. The second-order valence-corrected chi connectivity index (χ2v) is 0.874. The molecule has 2 nitrogen and oxygen atoms in total. The smallest absolute Gasteiger partial charge is 0.377 e. The largest absolute Gasteiger partial charge is 1.00 e. The van der Waals surface area contributed by atoms with Gasteiger partial charge in [0.2, 0.25) is 0 Å². The van der Waals surface area contributed by atoms with Crippen molar-refractivity contribution >= 4 is 44.6 Å². The fraction of sp³-hybridized carbons (Fsp3) is 0. The third kappa shape index (κ3) is 84.0. The van der Waals surface area contributed by atoms with Crippen molar-refractivity contribution in [3.05, 3.63) is 0 Å². The van der Waals surface area contributed by atoms with Gasteiger partial charge in [0.05, 0.1) is 0 Å². The molecule has 0 aliphatic carbocycles. The summed E-state index contributed by atoms with van der Waals surface area (Å²) < 4.78 is 0. The van der Waals surface area contributed by atoms with Crippen molar-refractivity contribution in [1.82, 2.24) is 0 Å². The Labute approximate surface area is 56.1 Å². The molecule has 0 saturated heterocycles. The predicted octanol–water partition coefficient (Wildman–Crippen LogP) is -1.19. The first-order chi connectivity index (χ1) is 1.73. The summed E-state index contributed by atoms with van der Waals surface area (Å²) in [7, 11) is 0. The molecule has 4 heteroatoms. The minimum atomic E-state index is 0. The molecule has 0 aromatic heterocycles. The van der Waals surface area contributed by atoms with Gasteiger partial charge in [-0.1, -0.05) is 0 Å². The van der Waals surface area contributed by atoms with E-state index in [1.807, 2.05) is 0 Å². The molecule has 0 heterocycles. The van der Waals surface area contributed by atoms with Crippen LogP contribution >= 0.6 is 12.2 Å². The SMILES string of the molecule is NC(N)=S.[Tl+]. The zero-order valence-electron chi connectivity index (χ0n) is 2.64. The summed E-state index contributed by atoms with van der Waals surface area (Å²) in [6, 6.07) is 0. The fourth-order valence-corrected chi connectivity index (χ4v) is 0. The summed E-state index contributed by atoms with van der Waals surface area (Å²) in [6.45, 7) is 0. The van der Waals surface area contributed by atoms with Crippen LogP contribution in [0.2, 0.25) is 0 Å². The standard InChI is InChI=1S/CH4N2S.Tl/c2-1(3)4;/h(H4,2,3,4);/q;+1. The summed E-state index contributed by atoms with van der Waals surface area (Å²) in [5.41, 5.74) is 9.24. The fourth-order valence-electron chi connectivity index (χ4n) is 0. The summed E-state index contributed by atoms with van der Waals surface area (Å²) in [4.78, 5) is 0. The van der Waals surface area contributed by atoms with E-state index in [0.717, 1.165) is 0 Å². The van der Waals surface area contributed by atoms with Crippen LogP contribution in [-0.4, -0.2) is 32.4 Å². The third-order valence-corrected chi connectivity index (χ3v) is 0. The van der Waals surface area contributed by atoms with Crippen LogP contribution in [0.25, 0.3) is 0 Å². The molecule has 0 aliphatic rings. The van der Waals surface area contributed by atoms with Crippen molar-refractivity contribution < 1.29 is 0 Å². The minimum Gasteiger partial charge on any atom is -0.377 e. The Bertz CT molecular complexity index is 32.6. The van der Waals surface area contributed by atoms with Crippen molar-refractivity contribution in [3.8, 4) is 0 Å². The van der Waals surface area contributed by atoms with Crippen LogP contribution in [-0.2, 0) is 0 Å². The van der Waals surface area contributed by atoms with E-state index in [0.29, 0.717) is 0 Å². The van der Waals surface area contributed by atoms with Crippen LogP contribution < -0.4 is 11.5 Å². The third-order valence-electron chi connectivity index (χ3n) is 0. The van der Waals surface area contributed by atoms with Crippen LogP contribution in [0.5, 0.6) is 0 Å². The molecule has 0 aromatic carbocycles. The molecule has 0 aromatic rings. The molecule has 0 rings (SSSR count). The van der Waals surface area contributed by atoms with Gasteiger partial charge in [-0.2, -0.15) is 0 Å². The average molecular weight is 281 g/mol. The molecule has 0 spiro atoms. The van der Waals surface area contributed by atoms with Crippen LogP contribution in [0.15, 0.2) is 0 Å². The Kier molecular flexibility index (Phi) is 8.44. The summed E-state index contributed by atoms with van der Waals surface area (Å²) in [6.07, 6.45) is 0. The number of rotatable bonds is 0. The van der Waals surface area contributed by atoms with E-state index in [4.69, 9.17) is 0 Å². The van der Waals surface area contributed by atoms with Gasteiger partial charge < -0.3 is 11.5 Å². The van der Waals surface area contributed by atoms with Gasteiger partial charge in [0.15, 0.2) is 5.11 Å². The molecule has 0 saturated carbocycles. The number of nitrogens with two attached hydrogens (primary N) is 2. The first-order valence-corrected chi connectivity index (χ1v) is 1.19. The number of thiocarbonyl (C=S) groups is 1. The van der Waals surface area contributed by atoms with E-state index >= 15 is 0 Å². The first-order valence-electron chi connectivity index (χ1n) is 0.781. The van der Waals surface area contributed by atoms with Crippen molar-refractivity contribution in [2.75, 3.05) is 0 Å². The zero-order valence-corrected chi connectivity index (χ0v) is 7.95. The van der Waals surface area contributed by atoms with E-state index in [2.05, 4.69) is 23.7 Å². The van der Waals surface area contributed by atoms with Crippen molar-refractivity contribution in [2.24, 2.45) is 11.5 Å². The Balaban J connectivity index is 0. The molecule has 0 radical (unpaired) electrons. The van der Waals surface area contributed by atoms with Crippen molar-refractivity contribution in [1.29, 1.82) is 0 Å². The topological polar surface area (TPSA) is 52.0 Å². The zero-order chi connectivity index (χ0) is 3.58. The molecule has 5 heavy (non-hydrogen) atoms. The average Bonchev–Trinajstić information content (AvgIpc) is 0.811. The Morgan fingerprint density at radius 1 is 1.40 bits per heavy atom. The molecular formula is CH4N2STl+.